The maximum atomic E-state index is 5.82. The fraction of sp³-hybridized carbons (Fsp3) is 0.273. The largest absolute Gasteiger partial charge is 0.423 e. The number of hydrogen-bond acceptors (Lipinski definition) is 4. The second-order valence-corrected chi connectivity index (χ2v) is 4.63. The van der Waals surface area contributed by atoms with Gasteiger partial charge in [-0.1, -0.05) is 22.0 Å². The van der Waals surface area contributed by atoms with Crippen LogP contribution in [0.15, 0.2) is 29.0 Å². The highest BCUT2D eigenvalue weighted by atomic mass is 79.9. The van der Waals surface area contributed by atoms with E-state index in [1.54, 1.807) is 18.1 Å². The molecule has 0 bridgehead atoms. The molecule has 1 heterocycles. The molecule has 17 heavy (non-hydrogen) atoms. The smallest absolute Gasteiger partial charge is 0.340 e. The van der Waals surface area contributed by atoms with Gasteiger partial charge in [0.2, 0.25) is 0 Å². The summed E-state index contributed by atoms with van der Waals surface area (Å²) in [7, 11) is 1.79. The zero-order valence-corrected chi connectivity index (χ0v) is 11.2. The first-order chi connectivity index (χ1) is 8.06. The Kier molecular flexibility index (Phi) is 3.44. The van der Waals surface area contributed by atoms with E-state index in [-0.39, 0.29) is 6.04 Å². The molecule has 0 amide bonds. The van der Waals surface area contributed by atoms with Gasteiger partial charge in [-0.15, -0.1) is 5.10 Å². The van der Waals surface area contributed by atoms with E-state index in [9.17, 15) is 0 Å². The first-order valence-electron chi connectivity index (χ1n) is 5.15. The van der Waals surface area contributed by atoms with Crippen LogP contribution >= 0.6 is 15.9 Å². The lowest BCUT2D eigenvalue weighted by Crippen LogP contribution is -2.05. The number of aryl methyl sites for hydroxylation is 1. The Hall–Kier alpha value is -1.40. The van der Waals surface area contributed by atoms with Crippen molar-refractivity contribution in [2.24, 2.45) is 12.8 Å². The van der Waals surface area contributed by atoms with Crippen molar-refractivity contribution in [1.82, 2.24) is 14.8 Å². The average Bonchev–Trinajstić information content (AvgIpc) is 2.63. The zero-order valence-electron chi connectivity index (χ0n) is 9.59. The molecule has 0 aliphatic heterocycles. The Bertz CT molecular complexity index is 524. The van der Waals surface area contributed by atoms with Crippen molar-refractivity contribution >= 4 is 15.9 Å². The Morgan fingerprint density at radius 1 is 1.47 bits per heavy atom. The molecule has 2 aromatic rings. The number of ether oxygens (including phenoxy) is 1. The molecule has 0 fully saturated rings. The summed E-state index contributed by atoms with van der Waals surface area (Å²) >= 11 is 3.46. The Morgan fingerprint density at radius 2 is 2.24 bits per heavy atom. The van der Waals surface area contributed by atoms with Gasteiger partial charge in [0.15, 0.2) is 0 Å². The second kappa shape index (κ2) is 4.85. The summed E-state index contributed by atoms with van der Waals surface area (Å²) in [5.74, 6) is 0.674. The van der Waals surface area contributed by atoms with Crippen molar-refractivity contribution in [3.63, 3.8) is 0 Å². The van der Waals surface area contributed by atoms with Gasteiger partial charge in [0, 0.05) is 17.6 Å². The van der Waals surface area contributed by atoms with Crippen molar-refractivity contribution in [3.05, 3.63) is 34.6 Å². The first kappa shape index (κ1) is 12.1. The molecule has 90 valence electrons. The topological polar surface area (TPSA) is 66.0 Å². The SMILES string of the molecule is CC(N)c1ccc(Oc2ncn(C)n2)cc1Br. The second-order valence-electron chi connectivity index (χ2n) is 3.77. The highest BCUT2D eigenvalue weighted by molar-refractivity contribution is 9.10. The molecule has 5 nitrogen and oxygen atoms in total. The number of nitrogens with zero attached hydrogens (tertiary/aromatic N) is 3. The molecule has 0 saturated heterocycles. The summed E-state index contributed by atoms with van der Waals surface area (Å²) < 4.78 is 8.00. The monoisotopic (exact) mass is 296 g/mol. The lowest BCUT2D eigenvalue weighted by atomic mass is 10.1. The Balaban J connectivity index is 2.20. The minimum atomic E-state index is -0.0219. The van der Waals surface area contributed by atoms with Crippen LogP contribution in [0.4, 0.5) is 0 Å². The summed E-state index contributed by atoms with van der Waals surface area (Å²) in [6.07, 6.45) is 1.58. The predicted molar refractivity (Wildman–Crippen MR) is 67.8 cm³/mol. The van der Waals surface area contributed by atoms with Gasteiger partial charge in [-0.05, 0) is 24.6 Å². The lowest BCUT2D eigenvalue weighted by Gasteiger charge is -2.09. The van der Waals surface area contributed by atoms with Crippen molar-refractivity contribution < 1.29 is 4.74 Å². The van der Waals surface area contributed by atoms with Crippen LogP contribution in [0.3, 0.4) is 0 Å². The van der Waals surface area contributed by atoms with E-state index in [2.05, 4.69) is 26.0 Å². The van der Waals surface area contributed by atoms with Crippen LogP contribution in [0.2, 0.25) is 0 Å². The number of hydrogen-bond donors (Lipinski definition) is 1. The number of benzene rings is 1. The summed E-state index contributed by atoms with van der Waals surface area (Å²) in [5, 5.41) is 4.04. The van der Waals surface area contributed by atoms with Crippen molar-refractivity contribution in [1.29, 1.82) is 0 Å². The standard InChI is InChI=1S/C11H13BrN4O/c1-7(13)9-4-3-8(5-10(9)12)17-11-14-6-16(2)15-11/h3-7H,13H2,1-2H3. The van der Waals surface area contributed by atoms with Crippen molar-refractivity contribution in [2.75, 3.05) is 0 Å². The van der Waals surface area contributed by atoms with Crippen LogP contribution in [0.1, 0.15) is 18.5 Å². The molecule has 0 aliphatic rings. The zero-order chi connectivity index (χ0) is 12.4. The fourth-order valence-electron chi connectivity index (χ4n) is 1.41. The van der Waals surface area contributed by atoms with Crippen LogP contribution in [-0.4, -0.2) is 14.8 Å². The molecular weight excluding hydrogens is 284 g/mol. The minimum absolute atomic E-state index is 0.0219. The highest BCUT2D eigenvalue weighted by Gasteiger charge is 2.08. The molecule has 2 rings (SSSR count). The summed E-state index contributed by atoms with van der Waals surface area (Å²) in [6.45, 7) is 1.93. The molecule has 0 spiro atoms. The average molecular weight is 297 g/mol. The number of halogens is 1. The molecule has 0 radical (unpaired) electrons. The number of rotatable bonds is 3. The lowest BCUT2D eigenvalue weighted by molar-refractivity contribution is 0.438. The highest BCUT2D eigenvalue weighted by Crippen LogP contribution is 2.28. The summed E-state index contributed by atoms with van der Waals surface area (Å²) in [4.78, 5) is 3.99. The van der Waals surface area contributed by atoms with Gasteiger partial charge in [-0.3, -0.25) is 4.68 Å². The fourth-order valence-corrected chi connectivity index (χ4v) is 2.13. The maximum absolute atomic E-state index is 5.82. The normalized spacial score (nSPS) is 12.5. The third kappa shape index (κ3) is 2.83. The van der Waals surface area contributed by atoms with E-state index in [0.29, 0.717) is 11.8 Å². The maximum Gasteiger partial charge on any atom is 0.340 e. The van der Waals surface area contributed by atoms with Crippen LogP contribution < -0.4 is 10.5 Å². The van der Waals surface area contributed by atoms with Gasteiger partial charge in [0.1, 0.15) is 12.1 Å². The Morgan fingerprint density at radius 3 is 2.76 bits per heavy atom. The predicted octanol–water partition coefficient (Wildman–Crippen LogP) is 2.39. The third-order valence-corrected chi connectivity index (χ3v) is 2.94. The van der Waals surface area contributed by atoms with Crippen LogP contribution in [-0.2, 0) is 7.05 Å². The molecule has 0 saturated carbocycles. The molecule has 6 heteroatoms. The van der Waals surface area contributed by atoms with Gasteiger partial charge in [-0.25, -0.2) is 0 Å². The van der Waals surface area contributed by atoms with E-state index in [1.807, 2.05) is 25.1 Å². The quantitative estimate of drug-likeness (QED) is 0.944. The molecule has 0 aliphatic carbocycles. The van der Waals surface area contributed by atoms with E-state index in [4.69, 9.17) is 10.5 Å². The molecule has 1 unspecified atom stereocenters. The van der Waals surface area contributed by atoms with Crippen LogP contribution in [0.25, 0.3) is 0 Å². The van der Waals surface area contributed by atoms with Gasteiger partial charge in [-0.2, -0.15) is 4.98 Å². The molecule has 1 aromatic heterocycles. The van der Waals surface area contributed by atoms with Crippen molar-refractivity contribution in [2.45, 2.75) is 13.0 Å². The van der Waals surface area contributed by atoms with Crippen LogP contribution in [0, 0.1) is 0 Å². The minimum Gasteiger partial charge on any atom is -0.423 e. The Labute approximate surface area is 108 Å². The van der Waals surface area contributed by atoms with Gasteiger partial charge >= 0.3 is 6.01 Å². The van der Waals surface area contributed by atoms with E-state index in [0.717, 1.165) is 10.0 Å². The van der Waals surface area contributed by atoms with E-state index in [1.165, 1.54) is 0 Å². The number of nitrogens with two attached hydrogens (primary N) is 1. The summed E-state index contributed by atoms with van der Waals surface area (Å²) in [5.41, 5.74) is 6.86. The molecule has 1 atom stereocenters. The van der Waals surface area contributed by atoms with Gasteiger partial charge in [0.05, 0.1) is 0 Å². The first-order valence-corrected chi connectivity index (χ1v) is 5.94. The van der Waals surface area contributed by atoms with Crippen molar-refractivity contribution in [3.8, 4) is 11.8 Å². The molecule has 2 N–H and O–H groups in total. The van der Waals surface area contributed by atoms with E-state index >= 15 is 0 Å². The van der Waals surface area contributed by atoms with Crippen LogP contribution in [0.5, 0.6) is 11.8 Å². The van der Waals surface area contributed by atoms with Gasteiger partial charge < -0.3 is 10.5 Å². The molecule has 1 aromatic carbocycles. The third-order valence-electron chi connectivity index (χ3n) is 2.25. The summed E-state index contributed by atoms with van der Waals surface area (Å²) in [6, 6.07) is 5.93. The number of aromatic nitrogens is 3. The van der Waals surface area contributed by atoms with E-state index < -0.39 is 0 Å². The van der Waals surface area contributed by atoms with Gasteiger partial charge in [0.25, 0.3) is 0 Å². The molecular formula is C11H13BrN4O.